The van der Waals surface area contributed by atoms with Crippen molar-refractivity contribution in [2.24, 2.45) is 0 Å². The molecule has 0 radical (unpaired) electrons. The molecule has 2 aromatic carbocycles. The molecule has 0 aromatic heterocycles. The van der Waals surface area contributed by atoms with Gasteiger partial charge in [0.25, 0.3) is 5.79 Å². The Morgan fingerprint density at radius 1 is 0.551 bits per heavy atom. The van der Waals surface area contributed by atoms with E-state index < -0.39 is 225 Å². The van der Waals surface area contributed by atoms with Crippen LogP contribution in [0.25, 0.3) is 11.1 Å². The lowest BCUT2D eigenvalue weighted by Crippen LogP contribution is -2.71. The van der Waals surface area contributed by atoms with E-state index in [1.807, 2.05) is 36.4 Å². The van der Waals surface area contributed by atoms with Gasteiger partial charge in [0.1, 0.15) is 56.4 Å². The molecule has 1 aliphatic carbocycles. The number of ether oxygens (including phenoxy) is 17. The van der Waals surface area contributed by atoms with Gasteiger partial charge >= 0.3 is 71.8 Å². The molecule has 98 heavy (non-hydrogen) atoms. The number of carboxylic acid groups (broad SMARTS) is 1. The molecule has 4 N–H and O–H groups in total. The Morgan fingerprint density at radius 2 is 1.05 bits per heavy atom. The third-order valence-electron chi connectivity index (χ3n) is 15.2. The number of carbonyl (C=O) groups is 14. The molecule has 4 aliphatic rings. The minimum absolute atomic E-state index is 0.284. The lowest BCUT2D eigenvalue weighted by molar-refractivity contribution is -0.358. The van der Waals surface area contributed by atoms with Crippen molar-refractivity contribution in [2.75, 3.05) is 33.5 Å². The minimum Gasteiger partial charge on any atom is -0.480 e. The summed E-state index contributed by atoms with van der Waals surface area (Å²) >= 11 is 0. The highest BCUT2D eigenvalue weighted by Crippen LogP contribution is 2.45. The van der Waals surface area contributed by atoms with E-state index in [4.69, 9.17) is 80.5 Å². The maximum Gasteiger partial charge on any atom is 0.407 e. The normalized spacial score (nSPS) is 26.7. The number of methoxy groups -OCH3 is 1. The maximum absolute atomic E-state index is 14.7. The van der Waals surface area contributed by atoms with Crippen LogP contribution in [0, 0.1) is 0 Å². The zero-order valence-corrected chi connectivity index (χ0v) is 55.6. The molecular weight excluding hydrogens is 1310 g/mol. The summed E-state index contributed by atoms with van der Waals surface area (Å²) in [5.41, 5.74) is 3.40. The molecule has 3 amide bonds. The number of aliphatic carboxylic acids is 1. The second-order valence-electron chi connectivity index (χ2n) is 22.9. The van der Waals surface area contributed by atoms with E-state index in [0.717, 1.165) is 112 Å². The Kier molecular flexibility index (Phi) is 27.5. The van der Waals surface area contributed by atoms with Crippen molar-refractivity contribution in [2.45, 2.75) is 205 Å². The van der Waals surface area contributed by atoms with Crippen molar-refractivity contribution in [3.05, 3.63) is 59.7 Å². The molecule has 0 unspecified atom stereocenters. The number of amides is 3. The Hall–Kier alpha value is -9.42. The van der Waals surface area contributed by atoms with E-state index in [1.165, 1.54) is 0 Å². The average molecular weight is 1390 g/mol. The van der Waals surface area contributed by atoms with Gasteiger partial charge in [0.2, 0.25) is 11.8 Å². The third-order valence-corrected chi connectivity index (χ3v) is 15.2. The van der Waals surface area contributed by atoms with Crippen LogP contribution < -0.4 is 16.0 Å². The molecule has 0 saturated carbocycles. The number of rotatable bonds is 28. The molecule has 35 heteroatoms. The SMILES string of the molecule is COC(=O)[C@]1(OC[C@H]2O[C@H](O[C@H](C)[C@H](NC(=O)OCC3c4ccccc4-c4ccccc43)C(=O)O)[C@H](NC(C)=O)[C@@H](O[C@@H]3O[C@H](COC(C)=O)[C@H](OC(C)=O)[C@H](OC(C)=O)[C@H]3OC(C)=O)[C@H]2OC(C)=O)C[C@H](OC(C)=O)[C@@H](NC(C)=O)[C@H]([C@H](OC(C)=O)[C@@H](COC(C)=O)OC(C)=O)O1. The maximum atomic E-state index is 14.7. The number of carboxylic acids is 1. The van der Waals surface area contributed by atoms with Gasteiger partial charge < -0.3 is 102 Å². The fourth-order valence-corrected chi connectivity index (χ4v) is 11.7. The standard InChI is InChI=1S/C63H79N3O32/c1-27(48(58(78)79)66-62(81)85-23-43-41-20-16-14-18-39(41)40-19-15-17-21-42(40)43)87-59-50(65-29(3)68)54(97-60-57(94-38(12)77)56(93-37(11)76)53(92-36(10)75)46(96-60)25-84-31(5)70)51(90-34(8)73)47(95-59)26-86-63(61(80)82-13)22-44(88-32(6)71)49(64-28(2)67)55(98-63)52(91-35(9)74)45(89-33(7)72)24-83-30(4)69/h14-21,27,43-57,59-60H,22-26H2,1-13H3,(H,64,67)(H,65,68)(H,66,81)(H,78,79)/t27-,44+,45-,46-,47-,48+,49-,50-,51+,52-,53+,54-,55-,56+,57-,59+,60+,63+/m1/s1. The molecule has 2 aromatic rings. The Balaban J connectivity index is 1.53. The van der Waals surface area contributed by atoms with Crippen molar-refractivity contribution >= 4 is 83.6 Å². The van der Waals surface area contributed by atoms with E-state index in [2.05, 4.69) is 16.0 Å². The first kappa shape index (κ1) is 77.6. The van der Waals surface area contributed by atoms with Crippen LogP contribution in [0.2, 0.25) is 0 Å². The molecule has 35 nitrogen and oxygen atoms in total. The predicted octanol–water partition coefficient (Wildman–Crippen LogP) is 0.551. The summed E-state index contributed by atoms with van der Waals surface area (Å²) in [5.74, 6) is -18.1. The van der Waals surface area contributed by atoms with Gasteiger partial charge in [0, 0.05) is 82.1 Å². The molecule has 0 spiro atoms. The van der Waals surface area contributed by atoms with E-state index in [0.29, 0.717) is 0 Å². The third kappa shape index (κ3) is 20.6. The highest BCUT2D eigenvalue weighted by molar-refractivity contribution is 5.82. The summed E-state index contributed by atoms with van der Waals surface area (Å²) in [6, 6.07) is 9.01. The Morgan fingerprint density at radius 3 is 1.56 bits per heavy atom. The van der Waals surface area contributed by atoms with Crippen LogP contribution in [0.5, 0.6) is 0 Å². The first-order valence-corrected chi connectivity index (χ1v) is 30.5. The number of alkyl carbamates (subject to hydrolysis) is 1. The van der Waals surface area contributed by atoms with E-state index in [9.17, 15) is 72.2 Å². The van der Waals surface area contributed by atoms with Crippen LogP contribution in [0.3, 0.4) is 0 Å². The van der Waals surface area contributed by atoms with Gasteiger partial charge in [-0.3, -0.25) is 52.7 Å². The fourth-order valence-electron chi connectivity index (χ4n) is 11.7. The summed E-state index contributed by atoms with van der Waals surface area (Å²) < 4.78 is 99.6. The number of benzene rings is 2. The van der Waals surface area contributed by atoms with Crippen LogP contribution in [0.15, 0.2) is 48.5 Å². The summed E-state index contributed by atoms with van der Waals surface area (Å²) in [6.07, 6.45) is -30.0. The van der Waals surface area contributed by atoms with Crippen LogP contribution in [-0.2, 0) is 143 Å². The van der Waals surface area contributed by atoms with Crippen molar-refractivity contribution in [3.8, 4) is 11.1 Å². The molecule has 3 saturated heterocycles. The van der Waals surface area contributed by atoms with Crippen molar-refractivity contribution in [1.82, 2.24) is 16.0 Å². The molecule has 3 aliphatic heterocycles. The first-order valence-electron chi connectivity index (χ1n) is 30.5. The topological polar surface area (TPSA) is 452 Å². The van der Waals surface area contributed by atoms with Crippen LogP contribution in [-0.4, -0.2) is 232 Å². The Labute approximate surface area is 560 Å². The zero-order valence-electron chi connectivity index (χ0n) is 55.6. The molecule has 0 bridgehead atoms. The largest absolute Gasteiger partial charge is 0.480 e. The lowest BCUT2D eigenvalue weighted by Gasteiger charge is -2.51. The molecule has 3 fully saturated rings. The lowest BCUT2D eigenvalue weighted by atomic mass is 9.87. The van der Waals surface area contributed by atoms with Crippen LogP contribution >= 0.6 is 0 Å². The van der Waals surface area contributed by atoms with E-state index in [-0.39, 0.29) is 6.61 Å². The molecule has 3 heterocycles. The number of hydrogen-bond acceptors (Lipinski definition) is 31. The van der Waals surface area contributed by atoms with Crippen molar-refractivity contribution in [3.63, 3.8) is 0 Å². The summed E-state index contributed by atoms with van der Waals surface area (Å²) in [4.78, 5) is 184. The van der Waals surface area contributed by atoms with Gasteiger partial charge in [-0.15, -0.1) is 0 Å². The minimum atomic E-state index is -3.05. The van der Waals surface area contributed by atoms with Gasteiger partial charge in [-0.1, -0.05) is 48.5 Å². The van der Waals surface area contributed by atoms with Crippen LogP contribution in [0.1, 0.15) is 107 Å². The molecular formula is C63H79N3O32. The number of carbonyl (C=O) groups excluding carboxylic acids is 13. The molecule has 6 rings (SSSR count). The summed E-state index contributed by atoms with van der Waals surface area (Å²) in [7, 11) is 0.841. The van der Waals surface area contributed by atoms with Gasteiger partial charge in [0.05, 0.1) is 32.3 Å². The number of fused-ring (bicyclic) bond motifs is 3. The zero-order chi connectivity index (χ0) is 72.6. The van der Waals surface area contributed by atoms with Gasteiger partial charge in [-0.2, -0.15) is 0 Å². The van der Waals surface area contributed by atoms with Gasteiger partial charge in [-0.25, -0.2) is 14.4 Å². The van der Waals surface area contributed by atoms with Gasteiger partial charge in [0.15, 0.2) is 55.2 Å². The quantitative estimate of drug-likeness (QED) is 0.0667. The highest BCUT2D eigenvalue weighted by Gasteiger charge is 2.62. The second-order valence-corrected chi connectivity index (χ2v) is 22.9. The van der Waals surface area contributed by atoms with Crippen molar-refractivity contribution in [1.29, 1.82) is 0 Å². The fraction of sp³-hybridized carbons (Fsp3) is 0.587. The van der Waals surface area contributed by atoms with E-state index in [1.54, 1.807) is 12.1 Å². The smallest absolute Gasteiger partial charge is 0.407 e. The molecule has 538 valence electrons. The highest BCUT2D eigenvalue weighted by atomic mass is 16.8. The van der Waals surface area contributed by atoms with Gasteiger partial charge in [-0.05, 0) is 29.2 Å². The van der Waals surface area contributed by atoms with Crippen molar-refractivity contribution < 1.29 is 153 Å². The monoisotopic (exact) mass is 1390 g/mol. The number of esters is 10. The Bertz CT molecular complexity index is 3260. The molecule has 18 atom stereocenters. The first-order chi connectivity index (χ1) is 46.1. The average Bonchev–Trinajstić information content (AvgIpc) is 0.975. The predicted molar refractivity (Wildman–Crippen MR) is 320 cm³/mol. The second kappa shape index (κ2) is 34.7. The summed E-state index contributed by atoms with van der Waals surface area (Å²) in [5, 5.41) is 18.1. The number of nitrogens with one attached hydrogen (secondary N) is 3. The van der Waals surface area contributed by atoms with E-state index >= 15 is 0 Å². The van der Waals surface area contributed by atoms with Crippen LogP contribution in [0.4, 0.5) is 4.79 Å². The number of hydrogen-bond donors (Lipinski definition) is 4. The summed E-state index contributed by atoms with van der Waals surface area (Å²) in [6.45, 7) is 8.36.